The average molecular weight is 347 g/mol. The van der Waals surface area contributed by atoms with Gasteiger partial charge in [0.05, 0.1) is 12.8 Å². The molecule has 0 saturated heterocycles. The molecular weight excluding hydrogens is 336 g/mol. The van der Waals surface area contributed by atoms with Crippen molar-refractivity contribution in [2.24, 2.45) is 0 Å². The first-order chi connectivity index (χ1) is 10.1. The molecule has 0 fully saturated rings. The zero-order valence-corrected chi connectivity index (χ0v) is 12.4. The topological polar surface area (TPSA) is 68.3 Å². The summed E-state index contributed by atoms with van der Waals surface area (Å²) in [5.74, 6) is -0.581. The largest absolute Gasteiger partial charge is 0.478 e. The molecule has 1 aromatic carbocycles. The minimum atomic E-state index is -1.03. The molecule has 6 heteroatoms. The number of aromatic nitrogens is 2. The second-order valence-corrected chi connectivity index (χ2v) is 5.42. The zero-order valence-electron chi connectivity index (χ0n) is 10.9. The Labute approximate surface area is 129 Å². The van der Waals surface area contributed by atoms with Gasteiger partial charge in [-0.3, -0.25) is 4.68 Å². The Morgan fingerprint density at radius 3 is 2.86 bits per heavy atom. The molecule has 0 radical (unpaired) electrons. The van der Waals surface area contributed by atoms with E-state index < -0.39 is 5.97 Å². The molecule has 0 aliphatic rings. The highest BCUT2D eigenvalue weighted by Crippen LogP contribution is 2.23. The number of hydrogen-bond donors (Lipinski definition) is 1. The Hall–Kier alpha value is -2.34. The number of carboxylic acid groups (broad SMARTS) is 1. The van der Waals surface area contributed by atoms with Gasteiger partial charge in [0.2, 0.25) is 0 Å². The molecule has 1 N–H and O–H groups in total. The van der Waals surface area contributed by atoms with Gasteiger partial charge in [0.25, 0.3) is 0 Å². The smallest absolute Gasteiger partial charge is 0.339 e. The number of halogens is 1. The molecule has 0 aliphatic heterocycles. The molecule has 3 aromatic rings. The summed E-state index contributed by atoms with van der Waals surface area (Å²) in [5.41, 5.74) is 1.48. The molecule has 2 heterocycles. The maximum atomic E-state index is 11.3. The summed E-state index contributed by atoms with van der Waals surface area (Å²) in [4.78, 5) is 11.3. The summed E-state index contributed by atoms with van der Waals surface area (Å²) in [6.07, 6.45) is 3.01. The predicted octanol–water partition coefficient (Wildman–Crippen LogP) is 3.65. The highest BCUT2D eigenvalue weighted by molar-refractivity contribution is 9.10. The van der Waals surface area contributed by atoms with E-state index in [1.165, 1.54) is 12.5 Å². The highest BCUT2D eigenvalue weighted by atomic mass is 79.9. The minimum absolute atomic E-state index is 0.125. The van der Waals surface area contributed by atoms with Crippen LogP contribution in [0.15, 0.2) is 57.7 Å². The van der Waals surface area contributed by atoms with E-state index in [0.29, 0.717) is 18.0 Å². The number of hydrogen-bond acceptors (Lipinski definition) is 3. The maximum Gasteiger partial charge on any atom is 0.339 e. The van der Waals surface area contributed by atoms with Gasteiger partial charge in [-0.2, -0.15) is 5.10 Å². The van der Waals surface area contributed by atoms with Crippen molar-refractivity contribution in [3.63, 3.8) is 0 Å². The Morgan fingerprint density at radius 2 is 2.19 bits per heavy atom. The standard InChI is InChI=1S/C15H11BrN2O3/c16-11-4-1-3-10(7-11)8-18-9-12(15(19)20)14(17-18)13-5-2-6-21-13/h1-7,9H,8H2,(H,19,20). The van der Waals surface area contributed by atoms with Gasteiger partial charge in [0.1, 0.15) is 11.3 Å². The lowest BCUT2D eigenvalue weighted by molar-refractivity contribution is 0.0697. The van der Waals surface area contributed by atoms with Crippen LogP contribution in [0.2, 0.25) is 0 Å². The van der Waals surface area contributed by atoms with Crippen LogP contribution in [0.5, 0.6) is 0 Å². The Bertz CT molecular complexity index is 778. The Morgan fingerprint density at radius 1 is 1.33 bits per heavy atom. The summed E-state index contributed by atoms with van der Waals surface area (Å²) in [6, 6.07) is 11.2. The van der Waals surface area contributed by atoms with Crippen molar-refractivity contribution in [1.82, 2.24) is 9.78 Å². The third kappa shape index (κ3) is 2.90. The van der Waals surface area contributed by atoms with E-state index in [2.05, 4.69) is 21.0 Å². The number of benzene rings is 1. The Kier molecular flexibility index (Phi) is 3.62. The minimum Gasteiger partial charge on any atom is -0.478 e. The molecule has 0 bridgehead atoms. The molecular formula is C15H11BrN2O3. The number of rotatable bonds is 4. The first kappa shape index (κ1) is 13.6. The monoisotopic (exact) mass is 346 g/mol. The lowest BCUT2D eigenvalue weighted by Crippen LogP contribution is -2.00. The first-order valence-corrected chi connectivity index (χ1v) is 7.02. The van der Waals surface area contributed by atoms with Gasteiger partial charge >= 0.3 is 5.97 Å². The van der Waals surface area contributed by atoms with Crippen LogP contribution in [0.4, 0.5) is 0 Å². The quantitative estimate of drug-likeness (QED) is 0.782. The molecule has 0 unspecified atom stereocenters. The summed E-state index contributed by atoms with van der Waals surface area (Å²) >= 11 is 3.41. The van der Waals surface area contributed by atoms with Crippen molar-refractivity contribution in [2.45, 2.75) is 6.54 Å². The van der Waals surface area contributed by atoms with E-state index in [9.17, 15) is 9.90 Å². The van der Waals surface area contributed by atoms with Crippen LogP contribution in [-0.4, -0.2) is 20.9 Å². The fourth-order valence-electron chi connectivity index (χ4n) is 2.08. The third-order valence-electron chi connectivity index (χ3n) is 2.98. The van der Waals surface area contributed by atoms with Gasteiger partial charge < -0.3 is 9.52 Å². The van der Waals surface area contributed by atoms with E-state index in [4.69, 9.17) is 4.42 Å². The predicted molar refractivity (Wildman–Crippen MR) is 80.1 cm³/mol. The second kappa shape index (κ2) is 5.57. The van der Waals surface area contributed by atoms with Gasteiger partial charge in [-0.15, -0.1) is 0 Å². The molecule has 0 amide bonds. The number of carboxylic acids is 1. The molecule has 3 rings (SSSR count). The van der Waals surface area contributed by atoms with Crippen LogP contribution in [0, 0.1) is 0 Å². The number of carbonyl (C=O) groups is 1. The molecule has 0 aliphatic carbocycles. The summed E-state index contributed by atoms with van der Waals surface area (Å²) in [6.45, 7) is 0.487. The van der Waals surface area contributed by atoms with Crippen molar-refractivity contribution in [1.29, 1.82) is 0 Å². The molecule has 5 nitrogen and oxygen atoms in total. The lowest BCUT2D eigenvalue weighted by Gasteiger charge is -2.02. The van der Waals surface area contributed by atoms with E-state index in [-0.39, 0.29) is 5.56 Å². The number of aromatic carboxylic acids is 1. The van der Waals surface area contributed by atoms with Crippen LogP contribution >= 0.6 is 15.9 Å². The van der Waals surface area contributed by atoms with Crippen LogP contribution in [0.1, 0.15) is 15.9 Å². The molecule has 0 atom stereocenters. The van der Waals surface area contributed by atoms with Gasteiger partial charge in [0, 0.05) is 10.7 Å². The van der Waals surface area contributed by atoms with Crippen molar-refractivity contribution in [3.8, 4) is 11.5 Å². The fraction of sp³-hybridized carbons (Fsp3) is 0.0667. The van der Waals surface area contributed by atoms with Gasteiger partial charge in [0.15, 0.2) is 5.76 Å². The van der Waals surface area contributed by atoms with Crippen molar-refractivity contribution in [3.05, 3.63) is 64.5 Å². The Balaban J connectivity index is 1.97. The van der Waals surface area contributed by atoms with Crippen LogP contribution in [0.3, 0.4) is 0 Å². The van der Waals surface area contributed by atoms with Crippen molar-refractivity contribution >= 4 is 21.9 Å². The van der Waals surface area contributed by atoms with Gasteiger partial charge in [-0.25, -0.2) is 4.79 Å². The van der Waals surface area contributed by atoms with Crippen LogP contribution in [-0.2, 0) is 6.54 Å². The van der Waals surface area contributed by atoms with E-state index in [0.717, 1.165) is 10.0 Å². The van der Waals surface area contributed by atoms with Crippen molar-refractivity contribution < 1.29 is 14.3 Å². The lowest BCUT2D eigenvalue weighted by atomic mass is 10.2. The van der Waals surface area contributed by atoms with Crippen LogP contribution in [0.25, 0.3) is 11.5 Å². The molecule has 2 aromatic heterocycles. The van der Waals surface area contributed by atoms with Crippen LogP contribution < -0.4 is 0 Å². The molecule has 106 valence electrons. The van der Waals surface area contributed by atoms with E-state index in [1.807, 2.05) is 24.3 Å². The van der Waals surface area contributed by atoms with E-state index >= 15 is 0 Å². The highest BCUT2D eigenvalue weighted by Gasteiger charge is 2.19. The average Bonchev–Trinajstić information content (AvgIpc) is 3.06. The van der Waals surface area contributed by atoms with Gasteiger partial charge in [-0.05, 0) is 29.8 Å². The second-order valence-electron chi connectivity index (χ2n) is 4.50. The van der Waals surface area contributed by atoms with E-state index in [1.54, 1.807) is 16.8 Å². The SMILES string of the molecule is O=C(O)c1cn(Cc2cccc(Br)c2)nc1-c1ccco1. The molecule has 0 spiro atoms. The van der Waals surface area contributed by atoms with Gasteiger partial charge in [-0.1, -0.05) is 28.1 Å². The third-order valence-corrected chi connectivity index (χ3v) is 3.47. The summed E-state index contributed by atoms with van der Waals surface area (Å²) in [7, 11) is 0. The summed E-state index contributed by atoms with van der Waals surface area (Å²) in [5, 5.41) is 13.6. The maximum absolute atomic E-state index is 11.3. The van der Waals surface area contributed by atoms with Crippen molar-refractivity contribution in [2.75, 3.05) is 0 Å². The first-order valence-electron chi connectivity index (χ1n) is 6.22. The summed E-state index contributed by atoms with van der Waals surface area (Å²) < 4.78 is 7.82. The number of nitrogens with zero attached hydrogens (tertiary/aromatic N) is 2. The molecule has 0 saturated carbocycles. The molecule has 21 heavy (non-hydrogen) atoms. The normalized spacial score (nSPS) is 10.7. The number of furan rings is 1. The fourth-order valence-corrected chi connectivity index (χ4v) is 2.52. The zero-order chi connectivity index (χ0) is 14.8.